The number of benzene rings is 6. The van der Waals surface area contributed by atoms with E-state index in [-0.39, 0.29) is 6.61 Å². The maximum Gasteiger partial charge on any atom is 0.0917 e. The van der Waals surface area contributed by atoms with Crippen molar-refractivity contribution in [2.24, 2.45) is 0 Å². The van der Waals surface area contributed by atoms with Crippen LogP contribution in [0.3, 0.4) is 0 Å². The van der Waals surface area contributed by atoms with E-state index in [2.05, 4.69) is 86.4 Å². The number of hydrogen-bond donors (Lipinski definition) is 3. The number of fused-ring (bicyclic) bond motifs is 2. The zero-order valence-electron chi connectivity index (χ0n) is 27.0. The van der Waals surface area contributed by atoms with E-state index in [4.69, 9.17) is 0 Å². The molecule has 6 rings (SSSR count). The van der Waals surface area contributed by atoms with Crippen LogP contribution in [0.25, 0.3) is 21.5 Å². The molecule has 0 heterocycles. The molecule has 0 radical (unpaired) electrons. The zero-order chi connectivity index (χ0) is 33.2. The Hall–Kier alpha value is -3.88. The van der Waals surface area contributed by atoms with Crippen LogP contribution in [-0.4, -0.2) is 52.3 Å². The fourth-order valence-electron chi connectivity index (χ4n) is 5.85. The fourth-order valence-corrected chi connectivity index (χ4v) is 6.29. The molecule has 47 heavy (non-hydrogen) atoms. The van der Waals surface area contributed by atoms with Crippen LogP contribution in [0.15, 0.2) is 138 Å². The van der Waals surface area contributed by atoms with E-state index in [1.807, 2.05) is 86.9 Å². The molecule has 0 fully saturated rings. The van der Waals surface area contributed by atoms with Gasteiger partial charge in [-0.3, -0.25) is 9.80 Å². The molecule has 6 aromatic rings. The van der Waals surface area contributed by atoms with Gasteiger partial charge in [0.25, 0.3) is 0 Å². The van der Waals surface area contributed by atoms with Crippen molar-refractivity contribution in [1.82, 2.24) is 9.80 Å². The van der Waals surface area contributed by atoms with E-state index in [1.165, 1.54) is 21.7 Å². The Morgan fingerprint density at radius 3 is 1.45 bits per heavy atom. The molecule has 0 saturated carbocycles. The molecule has 2 atom stereocenters. The van der Waals surface area contributed by atoms with Crippen LogP contribution in [0.4, 0.5) is 0 Å². The Bertz CT molecular complexity index is 1890. The lowest BCUT2D eigenvalue weighted by molar-refractivity contribution is 0.123. The molecular formula is C41H43BrN2O3. The molecule has 6 aromatic carbocycles. The summed E-state index contributed by atoms with van der Waals surface area (Å²) < 4.78 is 1.08. The normalized spacial score (nSPS) is 12.7. The highest BCUT2D eigenvalue weighted by Gasteiger charge is 2.13. The Balaban J connectivity index is 0.000000185. The van der Waals surface area contributed by atoms with Crippen molar-refractivity contribution in [3.63, 3.8) is 0 Å². The van der Waals surface area contributed by atoms with Gasteiger partial charge in [0, 0.05) is 30.7 Å². The number of aliphatic hydroxyl groups excluding tert-OH is 3. The van der Waals surface area contributed by atoms with Gasteiger partial charge in [0.15, 0.2) is 0 Å². The molecule has 0 aliphatic rings. The standard InChI is InChI=1S/C21H23NO2.C20H20BrNO/c1-22(13-16-5-4-6-17(11-16)15-23)14-21(24)20-10-9-18-7-2-3-8-19(18)12-20;1-22(13-15-5-4-8-19(21)11-15)14-20(23)18-10-9-16-6-2-3-7-17(16)12-18/h2-12,21,23-24H,13-15H2,1H3;2-12,20,23H,13-14H2,1H3. The maximum atomic E-state index is 10.5. The smallest absolute Gasteiger partial charge is 0.0917 e. The molecule has 0 aromatic heterocycles. The summed E-state index contributed by atoms with van der Waals surface area (Å²) in [4.78, 5) is 4.23. The Morgan fingerprint density at radius 2 is 0.957 bits per heavy atom. The van der Waals surface area contributed by atoms with E-state index < -0.39 is 12.2 Å². The summed E-state index contributed by atoms with van der Waals surface area (Å²) in [5.41, 5.74) is 5.17. The van der Waals surface area contributed by atoms with Crippen molar-refractivity contribution in [3.05, 3.63) is 166 Å². The first-order chi connectivity index (χ1) is 22.8. The van der Waals surface area contributed by atoms with Gasteiger partial charge < -0.3 is 15.3 Å². The Labute approximate surface area is 286 Å². The van der Waals surface area contributed by atoms with Gasteiger partial charge in [-0.1, -0.05) is 125 Å². The van der Waals surface area contributed by atoms with E-state index >= 15 is 0 Å². The van der Waals surface area contributed by atoms with Crippen molar-refractivity contribution in [2.75, 3.05) is 27.2 Å². The maximum absolute atomic E-state index is 10.5. The van der Waals surface area contributed by atoms with Gasteiger partial charge in [0.1, 0.15) is 0 Å². The monoisotopic (exact) mass is 690 g/mol. The zero-order valence-corrected chi connectivity index (χ0v) is 28.6. The van der Waals surface area contributed by atoms with Crippen LogP contribution in [0.1, 0.15) is 40.0 Å². The molecule has 0 aliphatic carbocycles. The lowest BCUT2D eigenvalue weighted by Gasteiger charge is -2.21. The van der Waals surface area contributed by atoms with Gasteiger partial charge in [-0.05, 0) is 87.7 Å². The second-order valence-corrected chi connectivity index (χ2v) is 13.2. The fraction of sp³-hybridized carbons (Fsp3) is 0.220. The largest absolute Gasteiger partial charge is 0.392 e. The first-order valence-corrected chi connectivity index (χ1v) is 16.7. The third-order valence-corrected chi connectivity index (χ3v) is 8.75. The van der Waals surface area contributed by atoms with Gasteiger partial charge in [-0.2, -0.15) is 0 Å². The van der Waals surface area contributed by atoms with Crippen molar-refractivity contribution in [3.8, 4) is 0 Å². The highest BCUT2D eigenvalue weighted by Crippen LogP contribution is 2.23. The third kappa shape index (κ3) is 10.1. The van der Waals surface area contributed by atoms with Crippen LogP contribution in [0, 0.1) is 0 Å². The van der Waals surface area contributed by atoms with Crippen LogP contribution >= 0.6 is 15.9 Å². The molecule has 0 bridgehead atoms. The predicted octanol–water partition coefficient (Wildman–Crippen LogP) is 8.27. The van der Waals surface area contributed by atoms with Gasteiger partial charge in [-0.25, -0.2) is 0 Å². The molecule has 2 unspecified atom stereocenters. The summed E-state index contributed by atoms with van der Waals surface area (Å²) in [6.07, 6.45) is -1.02. The SMILES string of the molecule is CN(Cc1cccc(Br)c1)CC(O)c1ccc2ccccc2c1.CN(Cc1cccc(CO)c1)CC(O)c1ccc2ccccc2c1. The van der Waals surface area contributed by atoms with Crippen molar-refractivity contribution >= 4 is 37.5 Å². The quantitative estimate of drug-likeness (QED) is 0.128. The number of rotatable bonds is 11. The minimum absolute atomic E-state index is 0.0528. The molecule has 6 heteroatoms. The minimum Gasteiger partial charge on any atom is -0.392 e. The van der Waals surface area contributed by atoms with Crippen molar-refractivity contribution in [1.29, 1.82) is 0 Å². The Morgan fingerprint density at radius 1 is 0.511 bits per heavy atom. The number of hydrogen-bond acceptors (Lipinski definition) is 5. The molecule has 242 valence electrons. The van der Waals surface area contributed by atoms with Gasteiger partial charge in [-0.15, -0.1) is 0 Å². The Kier molecular flexibility index (Phi) is 12.3. The number of likely N-dealkylation sites (N-methyl/N-ethyl adjacent to an activating group) is 2. The average molecular weight is 692 g/mol. The highest BCUT2D eigenvalue weighted by molar-refractivity contribution is 9.10. The van der Waals surface area contributed by atoms with Gasteiger partial charge >= 0.3 is 0 Å². The third-order valence-electron chi connectivity index (χ3n) is 8.25. The molecule has 3 N–H and O–H groups in total. The topological polar surface area (TPSA) is 67.2 Å². The van der Waals surface area contributed by atoms with Crippen LogP contribution in [-0.2, 0) is 19.7 Å². The molecule has 0 spiro atoms. The lowest BCUT2D eigenvalue weighted by Crippen LogP contribution is -2.24. The highest BCUT2D eigenvalue weighted by atomic mass is 79.9. The summed E-state index contributed by atoms with van der Waals surface area (Å²) in [6.45, 7) is 2.76. The van der Waals surface area contributed by atoms with E-state index in [1.54, 1.807) is 0 Å². The van der Waals surface area contributed by atoms with E-state index in [0.717, 1.165) is 45.2 Å². The summed E-state index contributed by atoms with van der Waals surface area (Å²) in [5.74, 6) is 0. The van der Waals surface area contributed by atoms with E-state index in [9.17, 15) is 15.3 Å². The first kappa shape index (κ1) is 34.5. The van der Waals surface area contributed by atoms with Crippen LogP contribution < -0.4 is 0 Å². The van der Waals surface area contributed by atoms with Gasteiger partial charge in [0.05, 0.1) is 18.8 Å². The van der Waals surface area contributed by atoms with Crippen molar-refractivity contribution in [2.45, 2.75) is 31.9 Å². The van der Waals surface area contributed by atoms with Crippen LogP contribution in [0.2, 0.25) is 0 Å². The van der Waals surface area contributed by atoms with Gasteiger partial charge in [0.2, 0.25) is 0 Å². The first-order valence-electron chi connectivity index (χ1n) is 15.9. The second kappa shape index (κ2) is 16.8. The average Bonchev–Trinajstić information content (AvgIpc) is 3.08. The molecule has 5 nitrogen and oxygen atoms in total. The molecule has 0 saturated heterocycles. The van der Waals surface area contributed by atoms with E-state index in [0.29, 0.717) is 13.1 Å². The van der Waals surface area contributed by atoms with Crippen LogP contribution in [0.5, 0.6) is 0 Å². The summed E-state index contributed by atoms with van der Waals surface area (Å²) >= 11 is 3.49. The second-order valence-electron chi connectivity index (χ2n) is 12.2. The molecular weight excluding hydrogens is 648 g/mol. The number of nitrogens with zero attached hydrogens (tertiary/aromatic N) is 2. The van der Waals surface area contributed by atoms with Crippen molar-refractivity contribution < 1.29 is 15.3 Å². The summed E-state index contributed by atoms with van der Waals surface area (Å²) in [6, 6.07) is 44.8. The number of aliphatic hydroxyl groups is 3. The minimum atomic E-state index is -0.527. The molecule has 0 amide bonds. The predicted molar refractivity (Wildman–Crippen MR) is 197 cm³/mol. The number of halogens is 1. The lowest BCUT2D eigenvalue weighted by atomic mass is 10.0. The molecule has 0 aliphatic heterocycles. The summed E-state index contributed by atoms with van der Waals surface area (Å²) in [7, 11) is 4.03. The summed E-state index contributed by atoms with van der Waals surface area (Å²) in [5, 5.41) is 35.0.